The minimum atomic E-state index is -0.528. The van der Waals surface area contributed by atoms with Gasteiger partial charge in [-0.1, -0.05) is 18.2 Å². The Morgan fingerprint density at radius 2 is 1.84 bits per heavy atom. The predicted molar refractivity (Wildman–Crippen MR) is 98.4 cm³/mol. The zero-order chi connectivity index (χ0) is 17.6. The standard InChI is InChI=1S/C20H25N3O2/c1-15-4-5-18(12-21-15)16-6-8-17(9-7-16)20(25)22-13-19(24)14-23-10-2-3-11-23/h4-9,12,19,24H,2-3,10-11,13-14H2,1H3,(H,22,25)/t19-/m1/s1. The van der Waals surface area contributed by atoms with E-state index in [1.165, 1.54) is 12.8 Å². The number of rotatable bonds is 6. The van der Waals surface area contributed by atoms with Crippen molar-refractivity contribution in [1.82, 2.24) is 15.2 Å². The number of hydrogen-bond donors (Lipinski definition) is 2. The van der Waals surface area contributed by atoms with E-state index in [4.69, 9.17) is 0 Å². The average Bonchev–Trinajstić information content (AvgIpc) is 3.13. The molecular weight excluding hydrogens is 314 g/mol. The smallest absolute Gasteiger partial charge is 0.251 e. The number of amides is 1. The molecular formula is C20H25N3O2. The van der Waals surface area contributed by atoms with Gasteiger partial charge in [-0.15, -0.1) is 0 Å². The summed E-state index contributed by atoms with van der Waals surface area (Å²) in [5, 5.41) is 12.9. The van der Waals surface area contributed by atoms with Crippen LogP contribution in [0.4, 0.5) is 0 Å². The first kappa shape index (κ1) is 17.6. The van der Waals surface area contributed by atoms with Crippen LogP contribution in [0.3, 0.4) is 0 Å². The number of carbonyl (C=O) groups excluding carboxylic acids is 1. The van der Waals surface area contributed by atoms with Gasteiger partial charge < -0.3 is 15.3 Å². The lowest BCUT2D eigenvalue weighted by molar-refractivity contribution is 0.0879. The van der Waals surface area contributed by atoms with Gasteiger partial charge in [0.05, 0.1) is 6.10 Å². The van der Waals surface area contributed by atoms with E-state index in [0.717, 1.165) is 29.9 Å². The van der Waals surface area contributed by atoms with Crippen molar-refractivity contribution in [3.8, 4) is 11.1 Å². The molecule has 1 saturated heterocycles. The molecule has 2 aromatic rings. The maximum absolute atomic E-state index is 12.2. The number of hydrogen-bond acceptors (Lipinski definition) is 4. The highest BCUT2D eigenvalue weighted by atomic mass is 16.3. The minimum absolute atomic E-state index is 0.158. The number of pyridine rings is 1. The van der Waals surface area contributed by atoms with Crippen molar-refractivity contribution in [3.63, 3.8) is 0 Å². The summed E-state index contributed by atoms with van der Waals surface area (Å²) >= 11 is 0. The number of likely N-dealkylation sites (tertiary alicyclic amines) is 1. The van der Waals surface area contributed by atoms with Crippen LogP contribution < -0.4 is 5.32 Å². The molecule has 1 aromatic heterocycles. The van der Waals surface area contributed by atoms with Crippen molar-refractivity contribution >= 4 is 5.91 Å². The molecule has 0 unspecified atom stereocenters. The maximum atomic E-state index is 12.2. The normalized spacial score (nSPS) is 15.9. The van der Waals surface area contributed by atoms with E-state index in [-0.39, 0.29) is 12.5 Å². The van der Waals surface area contributed by atoms with E-state index in [0.29, 0.717) is 12.1 Å². The van der Waals surface area contributed by atoms with Gasteiger partial charge >= 0.3 is 0 Å². The minimum Gasteiger partial charge on any atom is -0.390 e. The number of aliphatic hydroxyl groups excluding tert-OH is 1. The molecule has 0 aliphatic carbocycles. The van der Waals surface area contributed by atoms with Gasteiger partial charge in [-0.25, -0.2) is 0 Å². The Kier molecular flexibility index (Phi) is 5.79. The third-order valence-corrected chi connectivity index (χ3v) is 4.56. The Morgan fingerprint density at radius 3 is 2.48 bits per heavy atom. The number of nitrogens with one attached hydrogen (secondary N) is 1. The SMILES string of the molecule is Cc1ccc(-c2ccc(C(=O)NC[C@@H](O)CN3CCCC3)cc2)cn1. The summed E-state index contributed by atoms with van der Waals surface area (Å²) in [5.41, 5.74) is 3.63. The Labute approximate surface area is 148 Å². The monoisotopic (exact) mass is 339 g/mol. The summed E-state index contributed by atoms with van der Waals surface area (Å²) in [4.78, 5) is 18.8. The summed E-state index contributed by atoms with van der Waals surface area (Å²) in [6, 6.07) is 11.4. The van der Waals surface area contributed by atoms with E-state index >= 15 is 0 Å². The van der Waals surface area contributed by atoms with Gasteiger partial charge in [-0.05, 0) is 56.6 Å². The molecule has 1 atom stereocenters. The van der Waals surface area contributed by atoms with Crippen LogP contribution in [0, 0.1) is 6.92 Å². The highest BCUT2D eigenvalue weighted by Crippen LogP contribution is 2.19. The first-order valence-electron chi connectivity index (χ1n) is 8.83. The molecule has 0 radical (unpaired) electrons. The largest absolute Gasteiger partial charge is 0.390 e. The van der Waals surface area contributed by atoms with Gasteiger partial charge in [0.15, 0.2) is 0 Å². The van der Waals surface area contributed by atoms with Crippen LogP contribution in [0.1, 0.15) is 28.9 Å². The lowest BCUT2D eigenvalue weighted by Gasteiger charge is -2.19. The summed E-state index contributed by atoms with van der Waals surface area (Å²) in [6.45, 7) is 4.94. The first-order chi connectivity index (χ1) is 12.1. The highest BCUT2D eigenvalue weighted by Gasteiger charge is 2.16. The number of carbonyl (C=O) groups is 1. The Hall–Kier alpha value is -2.24. The molecule has 1 fully saturated rings. The fourth-order valence-electron chi connectivity index (χ4n) is 3.09. The highest BCUT2D eigenvalue weighted by molar-refractivity contribution is 5.94. The lowest BCUT2D eigenvalue weighted by atomic mass is 10.1. The second-order valence-corrected chi connectivity index (χ2v) is 6.64. The Balaban J connectivity index is 1.52. The zero-order valence-electron chi connectivity index (χ0n) is 14.6. The van der Waals surface area contributed by atoms with Crippen molar-refractivity contribution in [2.24, 2.45) is 0 Å². The van der Waals surface area contributed by atoms with Crippen molar-refractivity contribution < 1.29 is 9.90 Å². The van der Waals surface area contributed by atoms with Crippen molar-refractivity contribution in [1.29, 1.82) is 0 Å². The third kappa shape index (κ3) is 4.87. The molecule has 0 saturated carbocycles. The number of benzene rings is 1. The van der Waals surface area contributed by atoms with Crippen LogP contribution in [-0.4, -0.2) is 53.2 Å². The van der Waals surface area contributed by atoms with E-state index in [1.54, 1.807) is 12.1 Å². The van der Waals surface area contributed by atoms with E-state index in [1.807, 2.05) is 37.4 Å². The molecule has 132 valence electrons. The van der Waals surface area contributed by atoms with Gasteiger partial charge in [0.1, 0.15) is 0 Å². The fourth-order valence-corrected chi connectivity index (χ4v) is 3.09. The fraction of sp³-hybridized carbons (Fsp3) is 0.400. The first-order valence-corrected chi connectivity index (χ1v) is 8.83. The van der Waals surface area contributed by atoms with Gasteiger partial charge in [0.2, 0.25) is 0 Å². The molecule has 0 spiro atoms. The predicted octanol–water partition coefficient (Wildman–Crippen LogP) is 2.24. The second-order valence-electron chi connectivity index (χ2n) is 6.64. The van der Waals surface area contributed by atoms with Crippen molar-refractivity contribution in [3.05, 3.63) is 53.9 Å². The van der Waals surface area contributed by atoms with Crippen LogP contribution in [0.15, 0.2) is 42.6 Å². The quantitative estimate of drug-likeness (QED) is 0.847. The molecule has 3 rings (SSSR count). The summed E-state index contributed by atoms with van der Waals surface area (Å²) in [7, 11) is 0. The molecule has 1 aliphatic heterocycles. The molecule has 1 aliphatic rings. The summed E-state index contributed by atoms with van der Waals surface area (Å²) in [5.74, 6) is -0.158. The summed E-state index contributed by atoms with van der Waals surface area (Å²) < 4.78 is 0. The Bertz CT molecular complexity index is 692. The zero-order valence-corrected chi connectivity index (χ0v) is 14.6. The van der Waals surface area contributed by atoms with Crippen LogP contribution >= 0.6 is 0 Å². The molecule has 1 amide bonds. The van der Waals surface area contributed by atoms with Crippen LogP contribution in [-0.2, 0) is 0 Å². The number of aliphatic hydroxyl groups is 1. The number of nitrogens with zero attached hydrogens (tertiary/aromatic N) is 2. The van der Waals surface area contributed by atoms with Gasteiger partial charge in [0, 0.05) is 36.1 Å². The van der Waals surface area contributed by atoms with Crippen LogP contribution in [0.5, 0.6) is 0 Å². The molecule has 1 aromatic carbocycles. The molecule has 0 bridgehead atoms. The number of aryl methyl sites for hydroxylation is 1. The summed E-state index contributed by atoms with van der Waals surface area (Å²) in [6.07, 6.45) is 3.70. The molecule has 2 N–H and O–H groups in total. The van der Waals surface area contributed by atoms with Crippen molar-refractivity contribution in [2.75, 3.05) is 26.2 Å². The number of β-amino-alcohol motifs (C(OH)–C–C–N with tert-alkyl or cyclic N) is 1. The van der Waals surface area contributed by atoms with E-state index in [9.17, 15) is 9.90 Å². The topological polar surface area (TPSA) is 65.5 Å². The molecule has 5 nitrogen and oxygen atoms in total. The van der Waals surface area contributed by atoms with Crippen LogP contribution in [0.2, 0.25) is 0 Å². The van der Waals surface area contributed by atoms with Gasteiger partial charge in [0.25, 0.3) is 5.91 Å². The Morgan fingerprint density at radius 1 is 1.16 bits per heavy atom. The number of aromatic nitrogens is 1. The lowest BCUT2D eigenvalue weighted by Crippen LogP contribution is -2.39. The second kappa shape index (κ2) is 8.23. The maximum Gasteiger partial charge on any atom is 0.251 e. The molecule has 25 heavy (non-hydrogen) atoms. The molecule has 5 heteroatoms. The molecule has 2 heterocycles. The van der Waals surface area contributed by atoms with Crippen molar-refractivity contribution in [2.45, 2.75) is 25.9 Å². The average molecular weight is 339 g/mol. The third-order valence-electron chi connectivity index (χ3n) is 4.56. The van der Waals surface area contributed by atoms with Gasteiger partial charge in [-0.3, -0.25) is 9.78 Å². The van der Waals surface area contributed by atoms with E-state index in [2.05, 4.69) is 15.2 Å². The van der Waals surface area contributed by atoms with Gasteiger partial charge in [-0.2, -0.15) is 0 Å². The van der Waals surface area contributed by atoms with Crippen LogP contribution in [0.25, 0.3) is 11.1 Å². The van der Waals surface area contributed by atoms with E-state index < -0.39 is 6.10 Å².